The second-order valence-electron chi connectivity index (χ2n) is 8.12. The van der Waals surface area contributed by atoms with Gasteiger partial charge in [0.05, 0.1) is 12.5 Å². The second kappa shape index (κ2) is 9.52. The number of hydrogen-bond acceptors (Lipinski definition) is 2. The summed E-state index contributed by atoms with van der Waals surface area (Å²) < 4.78 is 0. The summed E-state index contributed by atoms with van der Waals surface area (Å²) in [5.74, 6) is 0.0512. The van der Waals surface area contributed by atoms with Crippen LogP contribution >= 0.6 is 0 Å². The first-order chi connectivity index (χ1) is 15.1. The quantitative estimate of drug-likeness (QED) is 0.434. The van der Waals surface area contributed by atoms with Gasteiger partial charge in [-0.25, -0.2) is 0 Å². The van der Waals surface area contributed by atoms with Crippen LogP contribution in [0.1, 0.15) is 16.8 Å². The minimum Gasteiger partial charge on any atom is -0.373 e. The Kier molecular flexibility index (Phi) is 6.37. The van der Waals surface area contributed by atoms with Crippen LogP contribution in [-0.2, 0) is 17.6 Å². The molecule has 1 heterocycles. The molecule has 0 fully saturated rings. The summed E-state index contributed by atoms with van der Waals surface area (Å²) >= 11 is 0. The van der Waals surface area contributed by atoms with Crippen molar-refractivity contribution in [3.8, 4) is 0 Å². The van der Waals surface area contributed by atoms with Gasteiger partial charge in [-0.3, -0.25) is 4.79 Å². The van der Waals surface area contributed by atoms with Crippen LogP contribution in [0.5, 0.6) is 0 Å². The maximum absolute atomic E-state index is 13.1. The molecule has 0 radical (unpaired) electrons. The number of carbonyl (C=O) groups is 1. The van der Waals surface area contributed by atoms with E-state index in [4.69, 9.17) is 0 Å². The molecule has 0 spiro atoms. The highest BCUT2D eigenvalue weighted by Crippen LogP contribution is 2.22. The Hall–Kier alpha value is -3.53. The molecule has 4 rings (SSSR count). The Morgan fingerprint density at radius 2 is 1.58 bits per heavy atom. The molecule has 0 aliphatic heterocycles. The molecule has 4 aromatic rings. The third-order valence-electron chi connectivity index (χ3n) is 5.75. The third kappa shape index (κ3) is 5.15. The summed E-state index contributed by atoms with van der Waals surface area (Å²) in [5.41, 5.74) is 5.56. The van der Waals surface area contributed by atoms with Gasteiger partial charge in [0.25, 0.3) is 0 Å². The van der Waals surface area contributed by atoms with E-state index in [-0.39, 0.29) is 11.9 Å². The molecule has 31 heavy (non-hydrogen) atoms. The molecule has 0 saturated carbocycles. The Morgan fingerprint density at radius 1 is 0.935 bits per heavy atom. The smallest absolute Gasteiger partial charge is 0.224 e. The average molecular weight is 412 g/mol. The SMILES string of the molecule is Cc1[nH]c2ccccc2c1CC(=O)N[C@@H](Cc1ccccc1)CN(C)c1ccccc1. The molecule has 3 aromatic carbocycles. The fourth-order valence-corrected chi connectivity index (χ4v) is 4.18. The number of rotatable bonds is 8. The van der Waals surface area contributed by atoms with Gasteiger partial charge in [0.1, 0.15) is 0 Å². The molecule has 1 aromatic heterocycles. The number of aromatic amines is 1. The van der Waals surface area contributed by atoms with E-state index in [2.05, 4.69) is 58.6 Å². The lowest BCUT2D eigenvalue weighted by Gasteiger charge is -2.27. The third-order valence-corrected chi connectivity index (χ3v) is 5.75. The summed E-state index contributed by atoms with van der Waals surface area (Å²) in [6, 6.07) is 28.8. The largest absolute Gasteiger partial charge is 0.373 e. The van der Waals surface area contributed by atoms with Gasteiger partial charge in [-0.05, 0) is 42.7 Å². The number of amides is 1. The zero-order valence-corrected chi connectivity index (χ0v) is 18.1. The monoisotopic (exact) mass is 411 g/mol. The fourth-order valence-electron chi connectivity index (χ4n) is 4.18. The van der Waals surface area contributed by atoms with Crippen molar-refractivity contribution in [1.82, 2.24) is 10.3 Å². The van der Waals surface area contributed by atoms with Crippen LogP contribution in [0.15, 0.2) is 84.9 Å². The normalized spacial score (nSPS) is 11.9. The van der Waals surface area contributed by atoms with Crippen molar-refractivity contribution in [3.63, 3.8) is 0 Å². The van der Waals surface area contributed by atoms with Crippen molar-refractivity contribution in [1.29, 1.82) is 0 Å². The van der Waals surface area contributed by atoms with Crippen molar-refractivity contribution < 1.29 is 4.79 Å². The predicted molar refractivity (Wildman–Crippen MR) is 129 cm³/mol. The number of carbonyl (C=O) groups excluding carboxylic acids is 1. The maximum atomic E-state index is 13.1. The van der Waals surface area contributed by atoms with Crippen LogP contribution in [0, 0.1) is 6.92 Å². The summed E-state index contributed by atoms with van der Waals surface area (Å²) in [5, 5.41) is 4.42. The molecule has 4 nitrogen and oxygen atoms in total. The summed E-state index contributed by atoms with van der Waals surface area (Å²) in [4.78, 5) is 18.7. The van der Waals surface area contributed by atoms with Gasteiger partial charge in [0.2, 0.25) is 5.91 Å². The van der Waals surface area contributed by atoms with Crippen LogP contribution in [-0.4, -0.2) is 30.5 Å². The van der Waals surface area contributed by atoms with Crippen molar-refractivity contribution in [2.75, 3.05) is 18.5 Å². The minimum absolute atomic E-state index is 0.00520. The number of benzene rings is 3. The predicted octanol–water partition coefficient (Wildman–Crippen LogP) is 4.88. The van der Waals surface area contributed by atoms with Crippen LogP contribution in [0.25, 0.3) is 10.9 Å². The van der Waals surface area contributed by atoms with Crippen molar-refractivity contribution in [3.05, 3.63) is 102 Å². The van der Waals surface area contributed by atoms with Crippen molar-refractivity contribution >= 4 is 22.5 Å². The van der Waals surface area contributed by atoms with Gasteiger partial charge in [0, 0.05) is 35.9 Å². The van der Waals surface area contributed by atoms with Gasteiger partial charge in [-0.2, -0.15) is 0 Å². The fraction of sp³-hybridized carbons (Fsp3) is 0.222. The van der Waals surface area contributed by atoms with Gasteiger partial charge in [0.15, 0.2) is 0 Å². The number of para-hydroxylation sites is 2. The van der Waals surface area contributed by atoms with E-state index in [1.54, 1.807) is 0 Å². The lowest BCUT2D eigenvalue weighted by atomic mass is 10.0. The molecular weight excluding hydrogens is 382 g/mol. The van der Waals surface area contributed by atoms with Crippen LogP contribution in [0.4, 0.5) is 5.69 Å². The molecule has 0 saturated heterocycles. The van der Waals surface area contributed by atoms with E-state index in [0.29, 0.717) is 6.42 Å². The lowest BCUT2D eigenvalue weighted by Crippen LogP contribution is -2.44. The number of aryl methyl sites for hydroxylation is 1. The molecule has 4 heteroatoms. The molecular formula is C27H29N3O. The standard InChI is InChI=1S/C27H29N3O/c1-20-25(24-15-9-10-16-26(24)28-20)18-27(31)29-22(17-21-11-5-3-6-12-21)19-30(2)23-13-7-4-8-14-23/h3-16,22,28H,17-19H2,1-2H3,(H,29,31)/t22-/m0/s1. The lowest BCUT2D eigenvalue weighted by molar-refractivity contribution is -0.121. The molecule has 1 atom stereocenters. The summed E-state index contributed by atoms with van der Waals surface area (Å²) in [6.07, 6.45) is 1.16. The summed E-state index contributed by atoms with van der Waals surface area (Å²) in [6.45, 7) is 2.77. The van der Waals surface area contributed by atoms with E-state index >= 15 is 0 Å². The second-order valence-corrected chi connectivity index (χ2v) is 8.12. The van der Waals surface area contributed by atoms with Gasteiger partial charge >= 0.3 is 0 Å². The Balaban J connectivity index is 1.50. The number of nitrogens with one attached hydrogen (secondary N) is 2. The molecule has 2 N–H and O–H groups in total. The number of H-pyrrole nitrogens is 1. The number of hydrogen-bond donors (Lipinski definition) is 2. The Bertz CT molecular complexity index is 1140. The minimum atomic E-state index is 0.00520. The average Bonchev–Trinajstić information content (AvgIpc) is 3.10. The molecule has 158 valence electrons. The van der Waals surface area contributed by atoms with E-state index in [0.717, 1.165) is 40.8 Å². The molecule has 0 aliphatic carbocycles. The van der Waals surface area contributed by atoms with Gasteiger partial charge in [-0.15, -0.1) is 0 Å². The van der Waals surface area contributed by atoms with Crippen molar-refractivity contribution in [2.24, 2.45) is 0 Å². The highest BCUT2D eigenvalue weighted by Gasteiger charge is 2.18. The highest BCUT2D eigenvalue weighted by atomic mass is 16.1. The number of fused-ring (bicyclic) bond motifs is 1. The number of nitrogens with zero attached hydrogens (tertiary/aromatic N) is 1. The van der Waals surface area contributed by atoms with Crippen LogP contribution in [0.3, 0.4) is 0 Å². The van der Waals surface area contributed by atoms with Crippen LogP contribution in [0.2, 0.25) is 0 Å². The molecule has 0 bridgehead atoms. The number of anilines is 1. The molecule has 1 amide bonds. The zero-order valence-electron chi connectivity index (χ0n) is 18.1. The number of aromatic nitrogens is 1. The topological polar surface area (TPSA) is 48.1 Å². The van der Waals surface area contributed by atoms with Crippen LogP contribution < -0.4 is 10.2 Å². The first kappa shape index (κ1) is 20.7. The first-order valence-electron chi connectivity index (χ1n) is 10.8. The zero-order chi connectivity index (χ0) is 21.6. The van der Waals surface area contributed by atoms with Gasteiger partial charge in [-0.1, -0.05) is 66.7 Å². The Labute approximate surface area is 183 Å². The van der Waals surface area contributed by atoms with Gasteiger partial charge < -0.3 is 15.2 Å². The van der Waals surface area contributed by atoms with Crippen molar-refractivity contribution in [2.45, 2.75) is 25.8 Å². The van der Waals surface area contributed by atoms with E-state index in [1.807, 2.05) is 55.5 Å². The summed E-state index contributed by atoms with van der Waals surface area (Å²) in [7, 11) is 2.07. The molecule has 0 aliphatic rings. The molecule has 0 unspecified atom stereocenters. The Morgan fingerprint density at radius 3 is 2.32 bits per heavy atom. The van der Waals surface area contributed by atoms with E-state index in [9.17, 15) is 4.79 Å². The first-order valence-corrected chi connectivity index (χ1v) is 10.8. The van der Waals surface area contributed by atoms with E-state index < -0.39 is 0 Å². The van der Waals surface area contributed by atoms with E-state index in [1.165, 1.54) is 5.56 Å². The highest BCUT2D eigenvalue weighted by molar-refractivity contribution is 5.90. The number of likely N-dealkylation sites (N-methyl/N-ethyl adjacent to an activating group) is 1. The maximum Gasteiger partial charge on any atom is 0.224 e.